The van der Waals surface area contributed by atoms with Crippen LogP contribution in [0, 0.1) is 6.92 Å². The van der Waals surface area contributed by atoms with Gasteiger partial charge in [0.15, 0.2) is 5.16 Å². The highest BCUT2D eigenvalue weighted by Crippen LogP contribution is 2.49. The first-order valence-corrected chi connectivity index (χ1v) is 15.2. The molecule has 0 N–H and O–H groups in total. The fourth-order valence-electron chi connectivity index (χ4n) is 6.43. The van der Waals surface area contributed by atoms with Crippen LogP contribution in [-0.2, 0) is 16.6 Å². The molecule has 0 bridgehead atoms. The van der Waals surface area contributed by atoms with Gasteiger partial charge in [-0.1, -0.05) is 87.3 Å². The molecule has 1 fully saturated rings. The van der Waals surface area contributed by atoms with Gasteiger partial charge in [-0.3, -0.25) is 14.2 Å². The van der Waals surface area contributed by atoms with E-state index in [9.17, 15) is 9.59 Å². The number of hydrogen-bond donors (Lipinski definition) is 0. The topological polar surface area (TPSA) is 55.2 Å². The molecule has 2 aromatic carbocycles. The number of aromatic nitrogens is 2. The Hall–Kier alpha value is -2.86. The molecule has 2 aliphatic carbocycles. The van der Waals surface area contributed by atoms with Crippen LogP contribution in [0.15, 0.2) is 58.5 Å². The van der Waals surface area contributed by atoms with Crippen molar-refractivity contribution in [1.29, 1.82) is 0 Å². The van der Waals surface area contributed by atoms with Gasteiger partial charge in [-0.25, -0.2) is 4.98 Å². The molecule has 1 saturated carbocycles. The number of aryl methyl sites for hydroxylation is 1. The molecule has 2 aliphatic rings. The molecule has 1 aromatic heterocycles. The van der Waals surface area contributed by atoms with Crippen molar-refractivity contribution in [2.45, 2.75) is 82.7 Å². The molecule has 6 heteroatoms. The maximum Gasteiger partial charge on any atom is 0.263 e. The Morgan fingerprint density at radius 1 is 1.00 bits per heavy atom. The number of para-hydroxylation sites is 1. The molecule has 0 unspecified atom stereocenters. The molecule has 0 atom stereocenters. The summed E-state index contributed by atoms with van der Waals surface area (Å²) in [4.78, 5) is 35.1. The number of carbonyl (C=O) groups is 1. The number of thioether (sulfide) groups is 1. The molecular formula is C32H39N3O2S. The molecule has 3 aromatic rings. The number of hydrogen-bond acceptors (Lipinski definition) is 4. The molecule has 5 nitrogen and oxygen atoms in total. The zero-order chi connectivity index (χ0) is 26.7. The second-order valence-corrected chi connectivity index (χ2v) is 11.8. The van der Waals surface area contributed by atoms with Crippen molar-refractivity contribution in [2.75, 3.05) is 18.8 Å². The van der Waals surface area contributed by atoms with Crippen molar-refractivity contribution in [3.63, 3.8) is 0 Å². The van der Waals surface area contributed by atoms with Gasteiger partial charge in [0.05, 0.1) is 22.7 Å². The Bertz CT molecular complexity index is 1370. The SMILES string of the molecule is CCCN(CCC)C(=O)CSc1nc2c(c(=O)n1-c1ccccc1C)C1(CCCCC1)Cc1ccccc1-2. The van der Waals surface area contributed by atoms with Gasteiger partial charge in [0.1, 0.15) is 0 Å². The number of rotatable bonds is 8. The predicted octanol–water partition coefficient (Wildman–Crippen LogP) is 6.71. The first-order valence-electron chi connectivity index (χ1n) is 14.2. The third-order valence-corrected chi connectivity index (χ3v) is 9.14. The number of fused-ring (bicyclic) bond motifs is 4. The zero-order valence-electron chi connectivity index (χ0n) is 23.0. The molecule has 1 amide bonds. The van der Waals surface area contributed by atoms with Crippen LogP contribution in [0.4, 0.5) is 0 Å². The van der Waals surface area contributed by atoms with Crippen molar-refractivity contribution in [2.24, 2.45) is 0 Å². The summed E-state index contributed by atoms with van der Waals surface area (Å²) in [6.45, 7) is 7.75. The van der Waals surface area contributed by atoms with E-state index in [1.807, 2.05) is 42.2 Å². The van der Waals surface area contributed by atoms with E-state index in [0.29, 0.717) is 5.16 Å². The summed E-state index contributed by atoms with van der Waals surface area (Å²) in [7, 11) is 0. The fraction of sp³-hybridized carbons (Fsp3) is 0.469. The van der Waals surface area contributed by atoms with Crippen LogP contribution in [-0.4, -0.2) is 39.2 Å². The van der Waals surface area contributed by atoms with Crippen LogP contribution >= 0.6 is 11.8 Å². The van der Waals surface area contributed by atoms with Crippen molar-refractivity contribution >= 4 is 17.7 Å². The predicted molar refractivity (Wildman–Crippen MR) is 156 cm³/mol. The van der Waals surface area contributed by atoms with Gasteiger partial charge in [-0.15, -0.1) is 0 Å². The zero-order valence-corrected chi connectivity index (χ0v) is 23.8. The first-order chi connectivity index (χ1) is 18.5. The van der Waals surface area contributed by atoms with Gasteiger partial charge in [-0.05, 0) is 56.2 Å². The normalized spacial score (nSPS) is 15.7. The Morgan fingerprint density at radius 3 is 2.39 bits per heavy atom. The van der Waals surface area contributed by atoms with Crippen LogP contribution in [0.2, 0.25) is 0 Å². The largest absolute Gasteiger partial charge is 0.342 e. The van der Waals surface area contributed by atoms with Crippen molar-refractivity contribution in [1.82, 2.24) is 14.5 Å². The van der Waals surface area contributed by atoms with E-state index in [-0.39, 0.29) is 22.6 Å². The summed E-state index contributed by atoms with van der Waals surface area (Å²) >= 11 is 1.40. The van der Waals surface area contributed by atoms with Crippen LogP contribution in [0.5, 0.6) is 0 Å². The van der Waals surface area contributed by atoms with Crippen LogP contribution < -0.4 is 5.56 Å². The van der Waals surface area contributed by atoms with Gasteiger partial charge < -0.3 is 4.90 Å². The lowest BCUT2D eigenvalue weighted by Gasteiger charge is -2.42. The third-order valence-electron chi connectivity index (χ3n) is 8.22. The molecular weight excluding hydrogens is 490 g/mol. The molecule has 1 spiro atoms. The Kier molecular flexibility index (Phi) is 8.08. The highest BCUT2D eigenvalue weighted by atomic mass is 32.2. The molecule has 5 rings (SSSR count). The molecule has 200 valence electrons. The summed E-state index contributed by atoms with van der Waals surface area (Å²) in [6.07, 6.45) is 8.30. The Morgan fingerprint density at radius 2 is 1.68 bits per heavy atom. The maximum atomic E-state index is 14.7. The van der Waals surface area contributed by atoms with E-state index in [2.05, 4.69) is 32.0 Å². The lowest BCUT2D eigenvalue weighted by atomic mass is 9.62. The lowest BCUT2D eigenvalue weighted by Crippen LogP contribution is -2.43. The van der Waals surface area contributed by atoms with Crippen LogP contribution in [0.25, 0.3) is 16.9 Å². The van der Waals surface area contributed by atoms with E-state index < -0.39 is 0 Å². The minimum absolute atomic E-state index is 0.0367. The first kappa shape index (κ1) is 26.7. The molecule has 1 heterocycles. The number of nitrogens with zero attached hydrogens (tertiary/aromatic N) is 3. The van der Waals surface area contributed by atoms with E-state index in [0.717, 1.165) is 86.1 Å². The number of benzene rings is 2. The summed E-state index contributed by atoms with van der Waals surface area (Å²) in [6, 6.07) is 16.5. The van der Waals surface area contributed by atoms with Crippen molar-refractivity contribution in [3.05, 3.63) is 75.6 Å². The Labute approximate surface area is 230 Å². The summed E-state index contributed by atoms with van der Waals surface area (Å²) in [5.41, 5.74) is 5.81. The van der Waals surface area contributed by atoms with E-state index in [4.69, 9.17) is 4.98 Å². The number of carbonyl (C=O) groups excluding carboxylic acids is 1. The average Bonchev–Trinajstić information content (AvgIpc) is 2.92. The summed E-state index contributed by atoms with van der Waals surface area (Å²) < 4.78 is 1.81. The standard InChI is InChI=1S/C32H39N3O2S/c1-4-19-34(20-5-2)27(36)22-38-31-33-29-25-15-9-8-14-24(25)21-32(17-11-6-12-18-32)28(29)30(37)35(31)26-16-10-7-13-23(26)3/h7-10,13-16H,4-6,11-12,17-22H2,1-3H3. The van der Waals surface area contributed by atoms with E-state index >= 15 is 0 Å². The summed E-state index contributed by atoms with van der Waals surface area (Å²) in [5, 5.41) is 0.604. The number of amides is 1. The molecule has 0 radical (unpaired) electrons. The van der Waals surface area contributed by atoms with Gasteiger partial charge in [0.25, 0.3) is 5.56 Å². The fourth-order valence-corrected chi connectivity index (χ4v) is 7.33. The minimum Gasteiger partial charge on any atom is -0.342 e. The molecule has 0 aliphatic heterocycles. The lowest BCUT2D eigenvalue weighted by molar-refractivity contribution is -0.128. The van der Waals surface area contributed by atoms with Gasteiger partial charge in [0, 0.05) is 24.1 Å². The smallest absolute Gasteiger partial charge is 0.263 e. The monoisotopic (exact) mass is 529 g/mol. The average molecular weight is 530 g/mol. The van der Waals surface area contributed by atoms with Gasteiger partial charge >= 0.3 is 0 Å². The minimum atomic E-state index is -0.172. The van der Waals surface area contributed by atoms with Crippen molar-refractivity contribution < 1.29 is 4.79 Å². The third kappa shape index (κ3) is 4.95. The molecule has 38 heavy (non-hydrogen) atoms. The highest BCUT2D eigenvalue weighted by molar-refractivity contribution is 7.99. The van der Waals surface area contributed by atoms with Crippen molar-refractivity contribution in [3.8, 4) is 16.9 Å². The second kappa shape index (κ2) is 11.5. The van der Waals surface area contributed by atoms with E-state index in [1.54, 1.807) is 4.57 Å². The Balaban J connectivity index is 1.68. The second-order valence-electron chi connectivity index (χ2n) is 10.9. The van der Waals surface area contributed by atoms with Gasteiger partial charge in [-0.2, -0.15) is 0 Å². The maximum absolute atomic E-state index is 14.7. The van der Waals surface area contributed by atoms with Gasteiger partial charge in [0.2, 0.25) is 5.91 Å². The molecule has 0 saturated heterocycles. The highest BCUT2D eigenvalue weighted by Gasteiger charge is 2.43. The summed E-state index contributed by atoms with van der Waals surface area (Å²) in [5.74, 6) is 0.371. The van der Waals surface area contributed by atoms with E-state index in [1.165, 1.54) is 23.7 Å². The van der Waals surface area contributed by atoms with Crippen LogP contribution in [0.1, 0.15) is 75.5 Å². The quantitative estimate of drug-likeness (QED) is 0.240. The van der Waals surface area contributed by atoms with Crippen LogP contribution in [0.3, 0.4) is 0 Å².